The molecular weight excluding hydrogens is 325 g/mol. The van der Waals surface area contributed by atoms with Crippen LogP contribution in [0.1, 0.15) is 28.8 Å². The Morgan fingerprint density at radius 3 is 1.92 bits per heavy atom. The number of hydrogen-bond acceptors (Lipinski definition) is 3. The number of amides is 3. The third-order valence-corrected chi connectivity index (χ3v) is 4.85. The van der Waals surface area contributed by atoms with Gasteiger partial charge in [-0.25, -0.2) is 4.39 Å². The first-order chi connectivity index (χ1) is 12.0. The summed E-state index contributed by atoms with van der Waals surface area (Å²) in [7, 11) is 0. The number of carbonyl (C=O) groups excluding carboxylic acids is 3. The predicted molar refractivity (Wildman–Crippen MR) is 89.4 cm³/mol. The summed E-state index contributed by atoms with van der Waals surface area (Å²) in [6.45, 7) is 4.24. The minimum atomic E-state index is -0.490. The number of piperazine rings is 1. The molecule has 2 aliphatic rings. The van der Waals surface area contributed by atoms with E-state index in [1.165, 1.54) is 11.0 Å². The van der Waals surface area contributed by atoms with Crippen LogP contribution in [0.15, 0.2) is 18.2 Å². The van der Waals surface area contributed by atoms with Crippen LogP contribution in [0.5, 0.6) is 0 Å². The Kier molecular flexibility index (Phi) is 5.01. The van der Waals surface area contributed by atoms with Crippen molar-refractivity contribution in [1.82, 2.24) is 14.7 Å². The number of likely N-dealkylation sites (tertiary alicyclic amines) is 1. The van der Waals surface area contributed by atoms with Crippen LogP contribution < -0.4 is 0 Å². The van der Waals surface area contributed by atoms with Gasteiger partial charge < -0.3 is 14.7 Å². The molecule has 3 rings (SSSR count). The van der Waals surface area contributed by atoms with Gasteiger partial charge in [0.25, 0.3) is 5.91 Å². The lowest BCUT2D eigenvalue weighted by molar-refractivity contribution is -0.152. The first-order valence-electron chi connectivity index (χ1n) is 8.61. The van der Waals surface area contributed by atoms with Crippen molar-refractivity contribution in [3.8, 4) is 0 Å². The fraction of sp³-hybridized carbons (Fsp3) is 0.500. The highest BCUT2D eigenvalue weighted by Gasteiger charge is 2.31. The van der Waals surface area contributed by atoms with E-state index in [0.29, 0.717) is 50.4 Å². The molecule has 0 spiro atoms. The lowest BCUT2D eigenvalue weighted by atomic mass is 10.1. The largest absolute Gasteiger partial charge is 0.335 e. The van der Waals surface area contributed by atoms with Crippen molar-refractivity contribution in [3.63, 3.8) is 0 Å². The second-order valence-electron chi connectivity index (χ2n) is 6.55. The van der Waals surface area contributed by atoms with E-state index in [9.17, 15) is 18.8 Å². The third-order valence-electron chi connectivity index (χ3n) is 4.85. The molecule has 1 aromatic rings. The van der Waals surface area contributed by atoms with Gasteiger partial charge in [-0.05, 0) is 37.5 Å². The molecule has 0 radical (unpaired) electrons. The predicted octanol–water partition coefficient (Wildman–Crippen LogP) is 1.04. The molecule has 0 unspecified atom stereocenters. The molecule has 7 heteroatoms. The molecule has 1 aromatic carbocycles. The summed E-state index contributed by atoms with van der Waals surface area (Å²) < 4.78 is 13.6. The number of aryl methyl sites for hydroxylation is 1. The SMILES string of the molecule is Cc1ccc(C(=O)N2CCN(C(=O)C(=O)N3CCCC3)CC2)cc1F. The molecule has 2 fully saturated rings. The Balaban J connectivity index is 1.57. The van der Waals surface area contributed by atoms with Crippen molar-refractivity contribution in [2.24, 2.45) is 0 Å². The maximum absolute atomic E-state index is 13.6. The second-order valence-corrected chi connectivity index (χ2v) is 6.55. The zero-order chi connectivity index (χ0) is 18.0. The van der Waals surface area contributed by atoms with Crippen molar-refractivity contribution in [2.75, 3.05) is 39.3 Å². The number of carbonyl (C=O) groups is 3. The van der Waals surface area contributed by atoms with E-state index in [4.69, 9.17) is 0 Å². The standard InChI is InChI=1S/C18H22FN3O3/c1-13-4-5-14(12-15(13)19)16(23)21-8-10-22(11-9-21)18(25)17(24)20-6-2-3-7-20/h4-5,12H,2-3,6-11H2,1H3. The first kappa shape index (κ1) is 17.4. The molecule has 0 aliphatic carbocycles. The lowest BCUT2D eigenvalue weighted by Crippen LogP contribution is -2.54. The van der Waals surface area contributed by atoms with Crippen LogP contribution in [0.25, 0.3) is 0 Å². The van der Waals surface area contributed by atoms with Crippen LogP contribution in [-0.4, -0.2) is 71.7 Å². The Morgan fingerprint density at radius 2 is 1.36 bits per heavy atom. The average molecular weight is 347 g/mol. The van der Waals surface area contributed by atoms with Gasteiger partial charge in [0.2, 0.25) is 0 Å². The van der Waals surface area contributed by atoms with Gasteiger partial charge in [0.05, 0.1) is 0 Å². The maximum Gasteiger partial charge on any atom is 0.312 e. The van der Waals surface area contributed by atoms with Gasteiger partial charge in [-0.3, -0.25) is 14.4 Å². The van der Waals surface area contributed by atoms with Crippen molar-refractivity contribution < 1.29 is 18.8 Å². The van der Waals surface area contributed by atoms with Crippen LogP contribution in [0.2, 0.25) is 0 Å². The lowest BCUT2D eigenvalue weighted by Gasteiger charge is -2.35. The highest BCUT2D eigenvalue weighted by molar-refractivity contribution is 6.35. The molecule has 0 saturated carbocycles. The molecule has 0 N–H and O–H groups in total. The van der Waals surface area contributed by atoms with E-state index in [2.05, 4.69) is 0 Å². The third kappa shape index (κ3) is 3.65. The summed E-state index contributed by atoms with van der Waals surface area (Å²) >= 11 is 0. The highest BCUT2D eigenvalue weighted by Crippen LogP contribution is 2.14. The van der Waals surface area contributed by atoms with E-state index in [-0.39, 0.29) is 5.91 Å². The van der Waals surface area contributed by atoms with Crippen LogP contribution in [0.4, 0.5) is 4.39 Å². The summed E-state index contributed by atoms with van der Waals surface area (Å²) in [5.74, 6) is -1.60. The van der Waals surface area contributed by atoms with Gasteiger partial charge in [-0.15, -0.1) is 0 Å². The fourth-order valence-corrected chi connectivity index (χ4v) is 3.21. The van der Waals surface area contributed by atoms with E-state index in [0.717, 1.165) is 12.8 Å². The van der Waals surface area contributed by atoms with Gasteiger partial charge >= 0.3 is 11.8 Å². The summed E-state index contributed by atoms with van der Waals surface area (Å²) in [4.78, 5) is 41.6. The summed E-state index contributed by atoms with van der Waals surface area (Å²) in [6.07, 6.45) is 1.88. The van der Waals surface area contributed by atoms with Gasteiger partial charge in [0.15, 0.2) is 0 Å². The van der Waals surface area contributed by atoms with Gasteiger partial charge in [-0.1, -0.05) is 6.07 Å². The maximum atomic E-state index is 13.6. The molecule has 0 atom stereocenters. The van der Waals surface area contributed by atoms with Crippen LogP contribution >= 0.6 is 0 Å². The summed E-state index contributed by atoms with van der Waals surface area (Å²) in [5.41, 5.74) is 0.795. The highest BCUT2D eigenvalue weighted by atomic mass is 19.1. The number of rotatable bonds is 1. The summed E-state index contributed by atoms with van der Waals surface area (Å²) in [5, 5.41) is 0. The van der Waals surface area contributed by atoms with E-state index in [1.807, 2.05) is 0 Å². The normalized spacial score (nSPS) is 17.8. The van der Waals surface area contributed by atoms with Gasteiger partial charge in [-0.2, -0.15) is 0 Å². The first-order valence-corrected chi connectivity index (χ1v) is 8.61. The average Bonchev–Trinajstić information content (AvgIpc) is 3.17. The molecule has 2 aliphatic heterocycles. The zero-order valence-electron chi connectivity index (χ0n) is 14.3. The molecule has 0 aromatic heterocycles. The molecule has 3 amide bonds. The molecular formula is C18H22FN3O3. The molecule has 134 valence electrons. The van der Waals surface area contributed by atoms with E-state index < -0.39 is 17.6 Å². The topological polar surface area (TPSA) is 60.9 Å². The molecule has 0 bridgehead atoms. The quantitative estimate of drug-likeness (QED) is 0.713. The Hall–Kier alpha value is -2.44. The Labute approximate surface area is 146 Å². The van der Waals surface area contributed by atoms with E-state index >= 15 is 0 Å². The second kappa shape index (κ2) is 7.21. The van der Waals surface area contributed by atoms with Crippen molar-refractivity contribution in [1.29, 1.82) is 0 Å². The van der Waals surface area contributed by atoms with Crippen molar-refractivity contribution in [2.45, 2.75) is 19.8 Å². The monoisotopic (exact) mass is 347 g/mol. The minimum Gasteiger partial charge on any atom is -0.335 e. The molecule has 2 heterocycles. The van der Waals surface area contributed by atoms with Crippen LogP contribution in [0.3, 0.4) is 0 Å². The Bertz CT molecular complexity index is 693. The number of hydrogen-bond donors (Lipinski definition) is 0. The fourth-order valence-electron chi connectivity index (χ4n) is 3.21. The zero-order valence-corrected chi connectivity index (χ0v) is 14.3. The van der Waals surface area contributed by atoms with Gasteiger partial charge in [0.1, 0.15) is 5.82 Å². The Morgan fingerprint density at radius 1 is 0.840 bits per heavy atom. The minimum absolute atomic E-state index is 0.253. The van der Waals surface area contributed by atoms with Crippen LogP contribution in [-0.2, 0) is 9.59 Å². The number of benzene rings is 1. The van der Waals surface area contributed by atoms with Crippen LogP contribution in [0, 0.1) is 12.7 Å². The van der Waals surface area contributed by atoms with Crippen molar-refractivity contribution in [3.05, 3.63) is 35.1 Å². The van der Waals surface area contributed by atoms with E-state index in [1.54, 1.807) is 28.9 Å². The molecule has 25 heavy (non-hydrogen) atoms. The molecule has 6 nitrogen and oxygen atoms in total. The summed E-state index contributed by atoms with van der Waals surface area (Å²) in [6, 6.07) is 4.43. The molecule has 2 saturated heterocycles. The number of nitrogens with zero attached hydrogens (tertiary/aromatic N) is 3. The van der Waals surface area contributed by atoms with Crippen molar-refractivity contribution >= 4 is 17.7 Å². The smallest absolute Gasteiger partial charge is 0.312 e. The number of halogens is 1. The van der Waals surface area contributed by atoms with Gasteiger partial charge in [0, 0.05) is 44.8 Å².